The number of rotatable bonds is 9. The first-order valence-electron chi connectivity index (χ1n) is 10.3. The summed E-state index contributed by atoms with van der Waals surface area (Å²) in [5, 5.41) is 3.21. The number of hydrogen-bond acceptors (Lipinski definition) is 7. The van der Waals surface area contributed by atoms with Gasteiger partial charge < -0.3 is 14.8 Å². The predicted molar refractivity (Wildman–Crippen MR) is 116 cm³/mol. The van der Waals surface area contributed by atoms with Gasteiger partial charge in [-0.3, -0.25) is 4.72 Å². The number of morpholine rings is 1. The van der Waals surface area contributed by atoms with Crippen LogP contribution in [0, 0.1) is 5.92 Å². The van der Waals surface area contributed by atoms with Crippen LogP contribution in [0.15, 0.2) is 23.1 Å². The molecule has 1 unspecified atom stereocenters. The zero-order valence-electron chi connectivity index (χ0n) is 17.5. The van der Waals surface area contributed by atoms with E-state index in [0.717, 1.165) is 19.4 Å². The molecule has 30 heavy (non-hydrogen) atoms. The Labute approximate surface area is 179 Å². The topological polar surface area (TPSA) is 114 Å². The molecule has 1 aromatic rings. The molecule has 1 atom stereocenters. The maximum absolute atomic E-state index is 13.0. The number of anilines is 2. The predicted octanol–water partition coefficient (Wildman–Crippen LogP) is 1.70. The summed E-state index contributed by atoms with van der Waals surface area (Å²) in [6, 6.07) is 4.50. The van der Waals surface area contributed by atoms with Crippen LogP contribution in [0.5, 0.6) is 0 Å². The number of sulfonamides is 2. The molecular weight excluding hydrogens is 430 g/mol. The van der Waals surface area contributed by atoms with E-state index in [0.29, 0.717) is 25.4 Å². The van der Waals surface area contributed by atoms with Crippen molar-refractivity contribution in [3.63, 3.8) is 0 Å². The summed E-state index contributed by atoms with van der Waals surface area (Å²) in [6.07, 6.45) is 1.99. The van der Waals surface area contributed by atoms with Gasteiger partial charge in [-0.25, -0.2) is 16.8 Å². The summed E-state index contributed by atoms with van der Waals surface area (Å²) in [4.78, 5) is 0.0503. The summed E-state index contributed by atoms with van der Waals surface area (Å²) in [5.41, 5.74) is 0.752. The molecule has 0 spiro atoms. The van der Waals surface area contributed by atoms with Crippen molar-refractivity contribution in [1.29, 1.82) is 0 Å². The zero-order chi connectivity index (χ0) is 21.8. The normalized spacial score (nSPS) is 21.1. The van der Waals surface area contributed by atoms with E-state index in [1.807, 2.05) is 13.8 Å². The molecule has 0 aromatic heterocycles. The highest BCUT2D eigenvalue weighted by atomic mass is 32.2. The zero-order valence-corrected chi connectivity index (χ0v) is 19.1. The Bertz CT molecular complexity index is 922. The molecule has 0 amide bonds. The maximum atomic E-state index is 13.0. The molecule has 0 aliphatic carbocycles. The Morgan fingerprint density at radius 2 is 1.83 bits per heavy atom. The van der Waals surface area contributed by atoms with Gasteiger partial charge in [-0.05, 0) is 37.0 Å². The molecule has 2 aliphatic heterocycles. The van der Waals surface area contributed by atoms with E-state index < -0.39 is 20.0 Å². The molecule has 0 saturated carbocycles. The van der Waals surface area contributed by atoms with Crippen LogP contribution in [-0.2, 0) is 29.5 Å². The molecule has 9 nitrogen and oxygen atoms in total. The lowest BCUT2D eigenvalue weighted by molar-refractivity contribution is 0.0730. The fourth-order valence-electron chi connectivity index (χ4n) is 3.54. The Morgan fingerprint density at radius 3 is 2.47 bits per heavy atom. The number of ether oxygens (including phenoxy) is 2. The highest BCUT2D eigenvalue weighted by Crippen LogP contribution is 2.29. The van der Waals surface area contributed by atoms with E-state index in [1.165, 1.54) is 16.4 Å². The maximum Gasteiger partial charge on any atom is 0.243 e. The van der Waals surface area contributed by atoms with E-state index in [2.05, 4.69) is 10.0 Å². The number of nitrogens with one attached hydrogen (secondary N) is 2. The molecule has 0 radical (unpaired) electrons. The molecule has 11 heteroatoms. The highest BCUT2D eigenvalue weighted by Gasteiger charge is 2.28. The van der Waals surface area contributed by atoms with Crippen molar-refractivity contribution in [3.05, 3.63) is 18.2 Å². The molecular formula is C19H31N3O6S2. The monoisotopic (exact) mass is 461 g/mol. The van der Waals surface area contributed by atoms with Gasteiger partial charge in [0.1, 0.15) is 0 Å². The van der Waals surface area contributed by atoms with Gasteiger partial charge in [0.15, 0.2) is 0 Å². The molecule has 2 saturated heterocycles. The van der Waals surface area contributed by atoms with Crippen molar-refractivity contribution < 1.29 is 26.3 Å². The molecule has 170 valence electrons. The van der Waals surface area contributed by atoms with Crippen LogP contribution in [0.1, 0.15) is 26.7 Å². The first kappa shape index (κ1) is 23.3. The average Bonchev–Trinajstić information content (AvgIpc) is 3.20. The smallest absolute Gasteiger partial charge is 0.243 e. The van der Waals surface area contributed by atoms with Crippen LogP contribution in [0.25, 0.3) is 0 Å². The fourth-order valence-corrected chi connectivity index (χ4v) is 6.44. The van der Waals surface area contributed by atoms with Crippen molar-refractivity contribution in [2.24, 2.45) is 5.92 Å². The number of nitrogens with zero attached hydrogens (tertiary/aromatic N) is 1. The van der Waals surface area contributed by atoms with Gasteiger partial charge in [0.2, 0.25) is 20.0 Å². The third-order valence-electron chi connectivity index (χ3n) is 4.96. The average molecular weight is 462 g/mol. The second-order valence-electron chi connectivity index (χ2n) is 8.02. The Morgan fingerprint density at radius 1 is 1.10 bits per heavy atom. The van der Waals surface area contributed by atoms with Crippen molar-refractivity contribution in [2.45, 2.75) is 37.7 Å². The van der Waals surface area contributed by atoms with Crippen LogP contribution in [0.4, 0.5) is 11.4 Å². The Balaban J connectivity index is 1.88. The lowest BCUT2D eigenvalue weighted by Gasteiger charge is -2.26. The lowest BCUT2D eigenvalue weighted by atomic mass is 10.2. The molecule has 2 heterocycles. The Kier molecular flexibility index (Phi) is 7.61. The summed E-state index contributed by atoms with van der Waals surface area (Å²) >= 11 is 0. The van der Waals surface area contributed by atoms with Gasteiger partial charge in [0, 0.05) is 26.2 Å². The van der Waals surface area contributed by atoms with Crippen LogP contribution in [-0.4, -0.2) is 72.5 Å². The van der Waals surface area contributed by atoms with Crippen LogP contribution < -0.4 is 10.0 Å². The Hall–Kier alpha value is -1.40. The molecule has 3 rings (SSSR count). The van der Waals surface area contributed by atoms with Gasteiger partial charge in [-0.1, -0.05) is 13.8 Å². The summed E-state index contributed by atoms with van der Waals surface area (Å²) < 4.78 is 65.9. The van der Waals surface area contributed by atoms with E-state index in [1.54, 1.807) is 6.07 Å². The number of benzene rings is 1. The third kappa shape index (κ3) is 6.07. The summed E-state index contributed by atoms with van der Waals surface area (Å²) in [7, 11) is -7.38. The van der Waals surface area contributed by atoms with E-state index in [-0.39, 0.29) is 41.4 Å². The molecule has 1 aromatic carbocycles. The molecule has 0 bridgehead atoms. The van der Waals surface area contributed by atoms with Crippen LogP contribution in [0.2, 0.25) is 0 Å². The second kappa shape index (κ2) is 9.82. The van der Waals surface area contributed by atoms with Gasteiger partial charge in [-0.15, -0.1) is 0 Å². The first-order chi connectivity index (χ1) is 14.2. The van der Waals surface area contributed by atoms with Gasteiger partial charge in [0.05, 0.1) is 41.3 Å². The highest BCUT2D eigenvalue weighted by molar-refractivity contribution is 7.92. The minimum absolute atomic E-state index is 0.0503. The summed E-state index contributed by atoms with van der Waals surface area (Å²) in [5.74, 6) is -0.121. The van der Waals surface area contributed by atoms with Crippen molar-refractivity contribution in [2.75, 3.05) is 55.2 Å². The van der Waals surface area contributed by atoms with Gasteiger partial charge in [0.25, 0.3) is 0 Å². The van der Waals surface area contributed by atoms with Crippen LogP contribution >= 0.6 is 0 Å². The first-order valence-corrected chi connectivity index (χ1v) is 13.3. The molecule has 2 fully saturated rings. The summed E-state index contributed by atoms with van der Waals surface area (Å²) in [6.45, 7) is 6.10. The fraction of sp³-hybridized carbons (Fsp3) is 0.684. The van der Waals surface area contributed by atoms with Crippen LogP contribution in [0.3, 0.4) is 0 Å². The largest absolute Gasteiger partial charge is 0.381 e. The van der Waals surface area contributed by atoms with E-state index >= 15 is 0 Å². The van der Waals surface area contributed by atoms with E-state index in [4.69, 9.17) is 9.47 Å². The quantitative estimate of drug-likeness (QED) is 0.575. The second-order valence-corrected chi connectivity index (χ2v) is 11.7. The van der Waals surface area contributed by atoms with Gasteiger partial charge >= 0.3 is 0 Å². The number of hydrogen-bond donors (Lipinski definition) is 2. The van der Waals surface area contributed by atoms with Crippen molar-refractivity contribution in [1.82, 2.24) is 4.31 Å². The standard InChI is InChI=1S/C19H31N3O6S2/c1-15(2)14-29(23,24)21-19-12-17(30(25,26)22-7-10-27-11-8-22)5-6-18(19)20-13-16-4-3-9-28-16/h5-6,12,15-16,20-21H,3-4,7-11,13-14H2,1-2H3. The van der Waals surface area contributed by atoms with Crippen molar-refractivity contribution >= 4 is 31.4 Å². The van der Waals surface area contributed by atoms with E-state index in [9.17, 15) is 16.8 Å². The van der Waals surface area contributed by atoms with Crippen molar-refractivity contribution in [3.8, 4) is 0 Å². The lowest BCUT2D eigenvalue weighted by Crippen LogP contribution is -2.40. The van der Waals surface area contributed by atoms with Gasteiger partial charge in [-0.2, -0.15) is 4.31 Å². The SMILES string of the molecule is CC(C)CS(=O)(=O)Nc1cc(S(=O)(=O)N2CCOCC2)ccc1NCC1CCCO1. The molecule has 2 aliphatic rings. The minimum atomic E-state index is -3.74. The third-order valence-corrected chi connectivity index (χ3v) is 8.49. The molecule has 2 N–H and O–H groups in total. The minimum Gasteiger partial charge on any atom is -0.381 e.